The van der Waals surface area contributed by atoms with Gasteiger partial charge in [0.15, 0.2) is 0 Å². The Balaban J connectivity index is 1.61. The maximum atomic E-state index is 11.9. The summed E-state index contributed by atoms with van der Waals surface area (Å²) in [4.78, 5) is 11.9. The zero-order chi connectivity index (χ0) is 15.8. The summed E-state index contributed by atoms with van der Waals surface area (Å²) in [6.07, 6.45) is 3.96. The highest BCUT2D eigenvalue weighted by Crippen LogP contribution is 2.18. The minimum absolute atomic E-state index is 0.0380. The fraction of sp³-hybridized carbons (Fsp3) is 0.588. The number of amides is 1. The van der Waals surface area contributed by atoms with E-state index in [4.69, 9.17) is 4.74 Å². The zero-order valence-corrected chi connectivity index (χ0v) is 14.7. The van der Waals surface area contributed by atoms with Gasteiger partial charge >= 0.3 is 0 Å². The Morgan fingerprint density at radius 3 is 2.73 bits per heavy atom. The number of benzene rings is 1. The third kappa shape index (κ3) is 6.36. The molecule has 0 bridgehead atoms. The summed E-state index contributed by atoms with van der Waals surface area (Å²) in [6.45, 7) is 4.69. The minimum Gasteiger partial charge on any atom is -0.489 e. The van der Waals surface area contributed by atoms with E-state index in [0.717, 1.165) is 29.7 Å². The van der Waals surface area contributed by atoms with E-state index in [0.29, 0.717) is 18.9 Å². The van der Waals surface area contributed by atoms with Gasteiger partial charge in [0.2, 0.25) is 5.91 Å². The van der Waals surface area contributed by atoms with Gasteiger partial charge in [-0.3, -0.25) is 4.79 Å². The molecule has 22 heavy (non-hydrogen) atoms. The van der Waals surface area contributed by atoms with E-state index >= 15 is 0 Å². The van der Waals surface area contributed by atoms with Crippen LogP contribution in [0.2, 0.25) is 0 Å². The Labute approximate surface area is 141 Å². The van der Waals surface area contributed by atoms with Crippen LogP contribution in [0.3, 0.4) is 0 Å². The summed E-state index contributed by atoms with van der Waals surface area (Å²) in [7, 11) is 0. The van der Waals surface area contributed by atoms with Crippen LogP contribution in [0.25, 0.3) is 0 Å². The van der Waals surface area contributed by atoms with Crippen molar-refractivity contribution in [2.24, 2.45) is 5.92 Å². The molecule has 1 fully saturated rings. The highest BCUT2D eigenvalue weighted by Gasteiger charge is 2.14. The van der Waals surface area contributed by atoms with Crippen LogP contribution >= 0.6 is 15.9 Å². The summed E-state index contributed by atoms with van der Waals surface area (Å²) in [5.41, 5.74) is 0. The van der Waals surface area contributed by atoms with Gasteiger partial charge < -0.3 is 15.4 Å². The summed E-state index contributed by atoms with van der Waals surface area (Å²) >= 11 is 3.39. The van der Waals surface area contributed by atoms with Crippen molar-refractivity contribution < 1.29 is 9.53 Å². The molecule has 0 saturated carbocycles. The first kappa shape index (κ1) is 17.3. The molecule has 1 saturated heterocycles. The lowest BCUT2D eigenvalue weighted by atomic mass is 9.93. The standard InChI is InChI=1S/C17H25BrN2O2/c1-13(22-16-5-3-15(18)4-6-16)12-20-17(21)7-2-14-8-10-19-11-9-14/h3-6,13-14,19H,2,7-12H2,1H3,(H,20,21). The predicted molar refractivity (Wildman–Crippen MR) is 92.1 cm³/mol. The molecule has 1 unspecified atom stereocenters. The molecule has 0 aliphatic carbocycles. The molecular weight excluding hydrogens is 344 g/mol. The number of piperidine rings is 1. The monoisotopic (exact) mass is 368 g/mol. The van der Waals surface area contributed by atoms with Gasteiger partial charge in [0.1, 0.15) is 11.9 Å². The van der Waals surface area contributed by atoms with Crippen LogP contribution in [0.5, 0.6) is 5.75 Å². The van der Waals surface area contributed by atoms with E-state index in [1.54, 1.807) is 0 Å². The van der Waals surface area contributed by atoms with Crippen LogP contribution in [0.1, 0.15) is 32.6 Å². The largest absolute Gasteiger partial charge is 0.489 e. The normalized spacial score (nSPS) is 17.0. The Hall–Kier alpha value is -1.07. The second-order valence-electron chi connectivity index (χ2n) is 5.92. The SMILES string of the molecule is CC(CNC(=O)CCC1CCNCC1)Oc1ccc(Br)cc1. The quantitative estimate of drug-likeness (QED) is 0.777. The van der Waals surface area contributed by atoms with Crippen molar-refractivity contribution in [3.8, 4) is 5.75 Å². The van der Waals surface area contributed by atoms with E-state index in [9.17, 15) is 4.79 Å². The Morgan fingerprint density at radius 1 is 1.36 bits per heavy atom. The molecule has 1 amide bonds. The molecule has 0 radical (unpaired) electrons. The fourth-order valence-electron chi connectivity index (χ4n) is 2.64. The van der Waals surface area contributed by atoms with Gasteiger partial charge in [0.25, 0.3) is 0 Å². The molecule has 0 aromatic heterocycles. The van der Waals surface area contributed by atoms with Crippen molar-refractivity contribution in [2.75, 3.05) is 19.6 Å². The first-order chi connectivity index (χ1) is 10.6. The number of carbonyl (C=O) groups excluding carboxylic acids is 1. The van der Waals surface area contributed by atoms with Gasteiger partial charge in [-0.05, 0) is 69.5 Å². The van der Waals surface area contributed by atoms with Crippen LogP contribution in [0.15, 0.2) is 28.7 Å². The average Bonchev–Trinajstić information content (AvgIpc) is 2.54. The first-order valence-corrected chi connectivity index (χ1v) is 8.82. The molecule has 4 nitrogen and oxygen atoms in total. The molecular formula is C17H25BrN2O2. The number of nitrogens with one attached hydrogen (secondary N) is 2. The average molecular weight is 369 g/mol. The van der Waals surface area contributed by atoms with Gasteiger partial charge in [-0.15, -0.1) is 0 Å². The van der Waals surface area contributed by atoms with Crippen molar-refractivity contribution >= 4 is 21.8 Å². The van der Waals surface area contributed by atoms with E-state index in [-0.39, 0.29) is 12.0 Å². The molecule has 122 valence electrons. The molecule has 1 aliphatic rings. The molecule has 2 rings (SSSR count). The number of hydrogen-bond acceptors (Lipinski definition) is 3. The smallest absolute Gasteiger partial charge is 0.220 e. The van der Waals surface area contributed by atoms with Crippen LogP contribution < -0.4 is 15.4 Å². The molecule has 1 heterocycles. The van der Waals surface area contributed by atoms with E-state index in [2.05, 4.69) is 26.6 Å². The van der Waals surface area contributed by atoms with Crippen LogP contribution in [-0.2, 0) is 4.79 Å². The lowest BCUT2D eigenvalue weighted by molar-refractivity contribution is -0.121. The molecule has 1 aromatic carbocycles. The van der Waals surface area contributed by atoms with Crippen molar-refractivity contribution in [3.63, 3.8) is 0 Å². The fourth-order valence-corrected chi connectivity index (χ4v) is 2.90. The number of ether oxygens (including phenoxy) is 1. The summed E-state index contributed by atoms with van der Waals surface area (Å²) in [5, 5.41) is 6.31. The Bertz CT molecular complexity index is 458. The second kappa shape index (κ2) is 9.16. The lowest BCUT2D eigenvalue weighted by Crippen LogP contribution is -2.34. The van der Waals surface area contributed by atoms with Crippen molar-refractivity contribution in [1.29, 1.82) is 0 Å². The van der Waals surface area contributed by atoms with Crippen molar-refractivity contribution in [3.05, 3.63) is 28.7 Å². The number of hydrogen-bond donors (Lipinski definition) is 2. The van der Waals surface area contributed by atoms with Crippen LogP contribution in [-0.4, -0.2) is 31.6 Å². The highest BCUT2D eigenvalue weighted by atomic mass is 79.9. The van der Waals surface area contributed by atoms with E-state index < -0.39 is 0 Å². The molecule has 0 spiro atoms. The molecule has 5 heteroatoms. The van der Waals surface area contributed by atoms with Crippen molar-refractivity contribution in [1.82, 2.24) is 10.6 Å². The summed E-state index contributed by atoms with van der Waals surface area (Å²) < 4.78 is 6.80. The lowest BCUT2D eigenvalue weighted by Gasteiger charge is -2.22. The molecule has 1 aromatic rings. The summed E-state index contributed by atoms with van der Waals surface area (Å²) in [5.74, 6) is 1.65. The molecule has 2 N–H and O–H groups in total. The van der Waals surface area contributed by atoms with Crippen molar-refractivity contribution in [2.45, 2.75) is 38.7 Å². The van der Waals surface area contributed by atoms with Crippen LogP contribution in [0.4, 0.5) is 0 Å². The maximum absolute atomic E-state index is 11.9. The molecule has 1 aliphatic heterocycles. The number of rotatable bonds is 7. The van der Waals surface area contributed by atoms with Gasteiger partial charge in [-0.2, -0.15) is 0 Å². The maximum Gasteiger partial charge on any atom is 0.220 e. The predicted octanol–water partition coefficient (Wildman–Crippen LogP) is 3.11. The number of carbonyl (C=O) groups is 1. The van der Waals surface area contributed by atoms with E-state index in [1.165, 1.54) is 12.8 Å². The van der Waals surface area contributed by atoms with Gasteiger partial charge in [0.05, 0.1) is 6.54 Å². The zero-order valence-electron chi connectivity index (χ0n) is 13.1. The van der Waals surface area contributed by atoms with E-state index in [1.807, 2.05) is 31.2 Å². The highest BCUT2D eigenvalue weighted by molar-refractivity contribution is 9.10. The second-order valence-corrected chi connectivity index (χ2v) is 6.83. The minimum atomic E-state index is -0.0380. The molecule has 1 atom stereocenters. The van der Waals surface area contributed by atoms with Gasteiger partial charge in [0, 0.05) is 10.9 Å². The first-order valence-electron chi connectivity index (χ1n) is 8.03. The Kier molecular flexibility index (Phi) is 7.19. The third-order valence-electron chi connectivity index (χ3n) is 3.98. The van der Waals surface area contributed by atoms with Crippen LogP contribution in [0, 0.1) is 5.92 Å². The van der Waals surface area contributed by atoms with Gasteiger partial charge in [-0.1, -0.05) is 15.9 Å². The third-order valence-corrected chi connectivity index (χ3v) is 4.50. The number of halogens is 1. The topological polar surface area (TPSA) is 50.4 Å². The Morgan fingerprint density at radius 2 is 2.05 bits per heavy atom. The van der Waals surface area contributed by atoms with Gasteiger partial charge in [-0.25, -0.2) is 0 Å². The summed E-state index contributed by atoms with van der Waals surface area (Å²) in [6, 6.07) is 7.72.